The minimum Gasteiger partial charge on any atom is -0.506 e. The van der Waals surface area contributed by atoms with Crippen LogP contribution < -0.4 is 10.5 Å². The fraction of sp³-hybridized carbons (Fsp3) is 0.167. The molecule has 1 heterocycles. The molecule has 3 N–H and O–H groups in total. The monoisotopic (exact) mass is 443 g/mol. The van der Waals surface area contributed by atoms with Crippen LogP contribution in [0.4, 0.5) is 18.2 Å². The summed E-state index contributed by atoms with van der Waals surface area (Å²) in [5.74, 6) is 0.392. The molecule has 3 aromatic carbocycles. The number of anilines is 1. The second-order valence-corrected chi connectivity index (χ2v) is 8.37. The molecule has 1 unspecified atom stereocenters. The van der Waals surface area contributed by atoms with Gasteiger partial charge < -0.3 is 15.6 Å². The van der Waals surface area contributed by atoms with E-state index in [1.807, 2.05) is 43.3 Å². The highest BCUT2D eigenvalue weighted by Crippen LogP contribution is 2.49. The van der Waals surface area contributed by atoms with Crippen LogP contribution in [0.15, 0.2) is 60.7 Å². The van der Waals surface area contributed by atoms with Crippen LogP contribution in [0.1, 0.15) is 28.8 Å². The van der Waals surface area contributed by atoms with Crippen molar-refractivity contribution in [2.45, 2.75) is 19.0 Å². The standard InChI is InChI=1S/C24H20F3NO2S/c1-13(18-8-4-5-14-9-10-17(30-2)12-19(14)18)22-21(29)20(23(28)31-22)15-6-3-7-16(11-15)24(25,26)27/h3-13,29H,28H2,1-2H3. The number of alkyl halides is 3. The first-order chi connectivity index (χ1) is 14.7. The Bertz CT molecular complexity index is 1260. The topological polar surface area (TPSA) is 55.5 Å². The van der Waals surface area contributed by atoms with Crippen molar-refractivity contribution in [1.29, 1.82) is 0 Å². The number of methoxy groups -OCH3 is 1. The van der Waals surface area contributed by atoms with Gasteiger partial charge in [-0.25, -0.2) is 0 Å². The Morgan fingerprint density at radius 2 is 1.77 bits per heavy atom. The quantitative estimate of drug-likeness (QED) is 0.356. The number of rotatable bonds is 4. The van der Waals surface area contributed by atoms with E-state index in [1.165, 1.54) is 23.5 Å². The molecule has 0 spiro atoms. The SMILES string of the molecule is COc1ccc2cccc(C(C)c3sc(N)c(-c4cccc(C(F)(F)F)c4)c3O)c2c1. The lowest BCUT2D eigenvalue weighted by molar-refractivity contribution is -0.137. The number of nitrogen functional groups attached to an aromatic ring is 1. The summed E-state index contributed by atoms with van der Waals surface area (Å²) < 4.78 is 44.8. The van der Waals surface area contributed by atoms with Gasteiger partial charge in [0.2, 0.25) is 0 Å². The number of halogens is 3. The molecule has 7 heteroatoms. The maximum atomic E-state index is 13.1. The van der Waals surface area contributed by atoms with Crippen molar-refractivity contribution in [1.82, 2.24) is 0 Å². The molecule has 0 aliphatic rings. The van der Waals surface area contributed by atoms with Gasteiger partial charge in [0, 0.05) is 5.92 Å². The van der Waals surface area contributed by atoms with Gasteiger partial charge in [0.05, 0.1) is 28.1 Å². The summed E-state index contributed by atoms with van der Waals surface area (Å²) in [5, 5.41) is 13.3. The molecule has 0 aliphatic heterocycles. The maximum absolute atomic E-state index is 13.1. The number of hydrogen-bond acceptors (Lipinski definition) is 4. The summed E-state index contributed by atoms with van der Waals surface area (Å²) in [6, 6.07) is 16.5. The van der Waals surface area contributed by atoms with E-state index < -0.39 is 11.7 Å². The molecule has 1 aromatic heterocycles. The number of thiophene rings is 1. The Labute approximate surface area is 181 Å². The molecule has 4 aromatic rings. The highest BCUT2D eigenvalue weighted by atomic mass is 32.1. The summed E-state index contributed by atoms with van der Waals surface area (Å²) in [5.41, 5.74) is 6.81. The van der Waals surface area contributed by atoms with E-state index in [-0.39, 0.29) is 27.8 Å². The van der Waals surface area contributed by atoms with Crippen LogP contribution in [0.5, 0.6) is 11.5 Å². The van der Waals surface area contributed by atoms with Crippen LogP contribution in [-0.2, 0) is 6.18 Å². The number of aromatic hydroxyl groups is 1. The second kappa shape index (κ2) is 7.81. The van der Waals surface area contributed by atoms with Crippen molar-refractivity contribution in [3.63, 3.8) is 0 Å². The zero-order chi connectivity index (χ0) is 22.3. The molecular formula is C24H20F3NO2S. The molecular weight excluding hydrogens is 423 g/mol. The summed E-state index contributed by atoms with van der Waals surface area (Å²) in [6.45, 7) is 1.94. The predicted octanol–water partition coefficient (Wildman–Crippen LogP) is 7.04. The normalized spacial score (nSPS) is 12.8. The molecule has 3 nitrogen and oxygen atoms in total. The summed E-state index contributed by atoms with van der Waals surface area (Å²) in [7, 11) is 1.60. The van der Waals surface area contributed by atoms with Crippen LogP contribution in [0.3, 0.4) is 0 Å². The van der Waals surface area contributed by atoms with Crippen LogP contribution in [0.2, 0.25) is 0 Å². The van der Waals surface area contributed by atoms with Gasteiger partial charge in [-0.1, -0.05) is 43.3 Å². The minimum absolute atomic E-state index is 0.0887. The summed E-state index contributed by atoms with van der Waals surface area (Å²) in [4.78, 5) is 0.597. The molecule has 0 radical (unpaired) electrons. The first-order valence-electron chi connectivity index (χ1n) is 9.56. The number of ether oxygens (including phenoxy) is 1. The lowest BCUT2D eigenvalue weighted by atomic mass is 9.92. The molecule has 1 atom stereocenters. The molecule has 0 saturated heterocycles. The first kappa shape index (κ1) is 21.1. The number of fused-ring (bicyclic) bond motifs is 1. The van der Waals surface area contributed by atoms with E-state index in [4.69, 9.17) is 10.5 Å². The van der Waals surface area contributed by atoms with Crippen LogP contribution >= 0.6 is 11.3 Å². The number of nitrogens with two attached hydrogens (primary N) is 1. The molecule has 160 valence electrons. The fourth-order valence-corrected chi connectivity index (χ4v) is 4.86. The van der Waals surface area contributed by atoms with Gasteiger partial charge in [0.25, 0.3) is 0 Å². The smallest absolute Gasteiger partial charge is 0.416 e. The van der Waals surface area contributed by atoms with Crippen molar-refractivity contribution in [3.05, 3.63) is 76.7 Å². The van der Waals surface area contributed by atoms with Crippen LogP contribution in [0, 0.1) is 0 Å². The van der Waals surface area contributed by atoms with Crippen molar-refractivity contribution < 1.29 is 23.0 Å². The zero-order valence-corrected chi connectivity index (χ0v) is 17.6. The van der Waals surface area contributed by atoms with Crippen LogP contribution in [0.25, 0.3) is 21.9 Å². The highest BCUT2D eigenvalue weighted by Gasteiger charge is 2.31. The Kier molecular flexibility index (Phi) is 5.31. The molecule has 0 fully saturated rings. The zero-order valence-electron chi connectivity index (χ0n) is 16.8. The lowest BCUT2D eigenvalue weighted by Crippen LogP contribution is -2.04. The molecule has 0 aliphatic carbocycles. The van der Waals surface area contributed by atoms with E-state index in [1.54, 1.807) is 7.11 Å². The third kappa shape index (κ3) is 3.81. The fourth-order valence-electron chi connectivity index (χ4n) is 3.80. The molecule has 4 rings (SSSR count). The van der Waals surface area contributed by atoms with E-state index >= 15 is 0 Å². The van der Waals surface area contributed by atoms with Crippen molar-refractivity contribution in [3.8, 4) is 22.6 Å². The Balaban J connectivity index is 1.82. The third-order valence-corrected chi connectivity index (χ3v) is 6.59. The van der Waals surface area contributed by atoms with Crippen molar-refractivity contribution in [2.24, 2.45) is 0 Å². The van der Waals surface area contributed by atoms with E-state index in [0.717, 1.165) is 28.5 Å². The van der Waals surface area contributed by atoms with Gasteiger partial charge in [0.1, 0.15) is 11.5 Å². The van der Waals surface area contributed by atoms with Gasteiger partial charge in [0.15, 0.2) is 0 Å². The van der Waals surface area contributed by atoms with Gasteiger partial charge >= 0.3 is 6.18 Å². The van der Waals surface area contributed by atoms with Gasteiger partial charge in [-0.15, -0.1) is 11.3 Å². The summed E-state index contributed by atoms with van der Waals surface area (Å²) >= 11 is 1.19. The molecule has 0 bridgehead atoms. The van der Waals surface area contributed by atoms with Crippen molar-refractivity contribution >= 4 is 27.1 Å². The average Bonchev–Trinajstić information content (AvgIpc) is 3.05. The second-order valence-electron chi connectivity index (χ2n) is 7.29. The Hall–Kier alpha value is -3.19. The Morgan fingerprint density at radius 3 is 2.48 bits per heavy atom. The van der Waals surface area contributed by atoms with Gasteiger partial charge in [-0.2, -0.15) is 13.2 Å². The molecule has 0 amide bonds. The first-order valence-corrected chi connectivity index (χ1v) is 10.4. The van der Waals surface area contributed by atoms with Crippen LogP contribution in [-0.4, -0.2) is 12.2 Å². The minimum atomic E-state index is -4.48. The van der Waals surface area contributed by atoms with E-state index in [0.29, 0.717) is 10.6 Å². The Morgan fingerprint density at radius 1 is 1.03 bits per heavy atom. The highest BCUT2D eigenvalue weighted by molar-refractivity contribution is 7.17. The van der Waals surface area contributed by atoms with Gasteiger partial charge in [-0.05, 0) is 46.2 Å². The lowest BCUT2D eigenvalue weighted by Gasteiger charge is -2.15. The predicted molar refractivity (Wildman–Crippen MR) is 119 cm³/mol. The average molecular weight is 443 g/mol. The number of benzene rings is 3. The largest absolute Gasteiger partial charge is 0.506 e. The molecule has 0 saturated carbocycles. The number of hydrogen-bond donors (Lipinski definition) is 2. The van der Waals surface area contributed by atoms with E-state index in [2.05, 4.69) is 0 Å². The van der Waals surface area contributed by atoms with Crippen molar-refractivity contribution in [2.75, 3.05) is 12.8 Å². The third-order valence-electron chi connectivity index (χ3n) is 5.40. The summed E-state index contributed by atoms with van der Waals surface area (Å²) in [6.07, 6.45) is -4.48. The maximum Gasteiger partial charge on any atom is 0.416 e. The van der Waals surface area contributed by atoms with E-state index in [9.17, 15) is 18.3 Å². The van der Waals surface area contributed by atoms with Gasteiger partial charge in [-0.3, -0.25) is 0 Å². The molecule has 31 heavy (non-hydrogen) atoms.